The Morgan fingerprint density at radius 1 is 0.968 bits per heavy atom. The van der Waals surface area contributed by atoms with Gasteiger partial charge < -0.3 is 10.1 Å². The van der Waals surface area contributed by atoms with Crippen LogP contribution >= 0.6 is 11.6 Å². The maximum atomic E-state index is 13.7. The smallest absolute Gasteiger partial charge is 0.278 e. The van der Waals surface area contributed by atoms with Crippen molar-refractivity contribution in [2.75, 3.05) is 12.4 Å². The summed E-state index contributed by atoms with van der Waals surface area (Å²) in [7, 11) is 1.54. The molecule has 3 aromatic carbocycles. The van der Waals surface area contributed by atoms with Gasteiger partial charge in [0.15, 0.2) is 0 Å². The molecule has 0 saturated heterocycles. The Morgan fingerprint density at radius 2 is 1.68 bits per heavy atom. The van der Waals surface area contributed by atoms with Gasteiger partial charge >= 0.3 is 0 Å². The molecule has 1 aliphatic heterocycles. The van der Waals surface area contributed by atoms with Crippen molar-refractivity contribution in [1.29, 1.82) is 0 Å². The van der Waals surface area contributed by atoms with E-state index in [1.807, 2.05) is 0 Å². The number of imide groups is 1. The molecule has 5 nitrogen and oxygen atoms in total. The molecule has 7 heteroatoms. The summed E-state index contributed by atoms with van der Waals surface area (Å²) in [5.74, 6) is -0.760. The molecule has 0 saturated carbocycles. The number of nitrogens with one attached hydrogen (secondary N) is 1. The summed E-state index contributed by atoms with van der Waals surface area (Å²) in [5.41, 5.74) is 1.99. The van der Waals surface area contributed by atoms with E-state index in [0.29, 0.717) is 22.0 Å². The fourth-order valence-electron chi connectivity index (χ4n) is 3.34. The summed E-state index contributed by atoms with van der Waals surface area (Å²) < 4.78 is 18.9. The van der Waals surface area contributed by atoms with Gasteiger partial charge in [0.25, 0.3) is 11.8 Å². The molecule has 1 aliphatic rings. The van der Waals surface area contributed by atoms with Crippen LogP contribution in [0.5, 0.6) is 5.75 Å². The van der Waals surface area contributed by atoms with Crippen molar-refractivity contribution >= 4 is 34.7 Å². The molecule has 0 aromatic heterocycles. The predicted octanol–water partition coefficient (Wildman–Crippen LogP) is 4.88. The maximum Gasteiger partial charge on any atom is 0.278 e. The molecule has 0 radical (unpaired) electrons. The lowest BCUT2D eigenvalue weighted by Crippen LogP contribution is -2.32. The summed E-state index contributed by atoms with van der Waals surface area (Å²) >= 11 is 5.93. The van der Waals surface area contributed by atoms with Gasteiger partial charge in [-0.05, 0) is 53.6 Å². The Hall–Kier alpha value is -3.64. The van der Waals surface area contributed by atoms with Crippen LogP contribution in [-0.4, -0.2) is 23.8 Å². The molecule has 0 aliphatic carbocycles. The van der Waals surface area contributed by atoms with Crippen molar-refractivity contribution in [1.82, 2.24) is 4.90 Å². The first kappa shape index (κ1) is 20.6. The minimum Gasteiger partial charge on any atom is -0.497 e. The Bertz CT molecular complexity index is 1170. The van der Waals surface area contributed by atoms with Gasteiger partial charge in [0.05, 0.1) is 19.2 Å². The number of methoxy groups -OCH3 is 1. The summed E-state index contributed by atoms with van der Waals surface area (Å²) in [6.45, 7) is 0.0861. The van der Waals surface area contributed by atoms with Gasteiger partial charge in [0.1, 0.15) is 17.3 Å². The van der Waals surface area contributed by atoms with Gasteiger partial charge in [-0.1, -0.05) is 41.9 Å². The lowest BCUT2D eigenvalue weighted by molar-refractivity contribution is -0.137. The van der Waals surface area contributed by atoms with E-state index in [4.69, 9.17) is 16.3 Å². The number of anilines is 1. The number of hydrogen-bond donors (Lipinski definition) is 1. The third kappa shape index (κ3) is 4.29. The van der Waals surface area contributed by atoms with E-state index in [9.17, 15) is 14.0 Å². The van der Waals surface area contributed by atoms with Crippen molar-refractivity contribution in [2.24, 2.45) is 0 Å². The molecule has 31 heavy (non-hydrogen) atoms. The first-order valence-corrected chi connectivity index (χ1v) is 9.86. The lowest BCUT2D eigenvalue weighted by atomic mass is 10.0. The van der Waals surface area contributed by atoms with Crippen LogP contribution in [0.4, 0.5) is 10.1 Å². The van der Waals surface area contributed by atoms with E-state index < -0.39 is 17.6 Å². The van der Waals surface area contributed by atoms with Crippen LogP contribution in [0.1, 0.15) is 11.1 Å². The van der Waals surface area contributed by atoms with Crippen LogP contribution in [0, 0.1) is 5.82 Å². The van der Waals surface area contributed by atoms with E-state index in [0.717, 1.165) is 10.5 Å². The van der Waals surface area contributed by atoms with Gasteiger partial charge in [0.2, 0.25) is 0 Å². The molecule has 0 unspecified atom stereocenters. The molecule has 4 rings (SSSR count). The summed E-state index contributed by atoms with van der Waals surface area (Å²) in [4.78, 5) is 27.7. The highest BCUT2D eigenvalue weighted by molar-refractivity contribution is 6.36. The van der Waals surface area contributed by atoms with Crippen LogP contribution in [0.15, 0.2) is 78.5 Å². The zero-order valence-electron chi connectivity index (χ0n) is 16.6. The molecule has 3 aromatic rings. The number of halogens is 2. The normalized spacial score (nSPS) is 13.7. The second-order valence-corrected chi connectivity index (χ2v) is 7.37. The quantitative estimate of drug-likeness (QED) is 0.559. The fraction of sp³-hybridized carbons (Fsp3) is 0.0833. The van der Waals surface area contributed by atoms with Crippen molar-refractivity contribution in [2.45, 2.75) is 6.54 Å². The number of rotatable bonds is 6. The monoisotopic (exact) mass is 436 g/mol. The maximum absolute atomic E-state index is 13.7. The number of amides is 2. The minimum absolute atomic E-state index is 0.0861. The third-order valence-corrected chi connectivity index (χ3v) is 5.15. The molecule has 1 N–H and O–H groups in total. The Morgan fingerprint density at radius 3 is 2.32 bits per heavy atom. The standard InChI is InChI=1S/C24H18ClFN2O3/c1-31-20-11-7-16(8-12-20)21-22(27-19-4-2-3-18(26)13-19)24(30)28(23(21)29)14-15-5-9-17(25)10-6-15/h2-13,27H,14H2,1H3. The summed E-state index contributed by atoms with van der Waals surface area (Å²) in [6, 6.07) is 19.5. The van der Waals surface area contributed by atoms with Gasteiger partial charge in [-0.15, -0.1) is 0 Å². The minimum atomic E-state index is -0.491. The van der Waals surface area contributed by atoms with Crippen molar-refractivity contribution in [3.05, 3.63) is 100 Å². The van der Waals surface area contributed by atoms with Gasteiger partial charge in [-0.25, -0.2) is 4.39 Å². The molecule has 0 bridgehead atoms. The average Bonchev–Trinajstić information content (AvgIpc) is 2.99. The molecule has 2 amide bonds. The zero-order valence-corrected chi connectivity index (χ0v) is 17.3. The molecular weight excluding hydrogens is 419 g/mol. The van der Waals surface area contributed by atoms with Crippen LogP contribution in [0.25, 0.3) is 5.57 Å². The molecular formula is C24H18ClFN2O3. The largest absolute Gasteiger partial charge is 0.497 e. The van der Waals surface area contributed by atoms with Crippen molar-refractivity contribution < 1.29 is 18.7 Å². The van der Waals surface area contributed by atoms with E-state index in [1.54, 1.807) is 61.7 Å². The Labute approximate surface area is 183 Å². The molecule has 1 heterocycles. The fourth-order valence-corrected chi connectivity index (χ4v) is 3.47. The number of carbonyl (C=O) groups excluding carboxylic acids is 2. The zero-order chi connectivity index (χ0) is 22.0. The van der Waals surface area contributed by atoms with Gasteiger partial charge in [-0.2, -0.15) is 0 Å². The topological polar surface area (TPSA) is 58.6 Å². The molecule has 0 atom stereocenters. The third-order valence-electron chi connectivity index (χ3n) is 4.89. The summed E-state index contributed by atoms with van der Waals surface area (Å²) in [6.07, 6.45) is 0. The van der Waals surface area contributed by atoms with Gasteiger partial charge in [0, 0.05) is 10.7 Å². The predicted molar refractivity (Wildman–Crippen MR) is 117 cm³/mol. The first-order chi connectivity index (χ1) is 15.0. The van der Waals surface area contributed by atoms with Crippen LogP contribution in [0.2, 0.25) is 5.02 Å². The number of hydrogen-bond acceptors (Lipinski definition) is 4. The highest BCUT2D eigenvalue weighted by Crippen LogP contribution is 2.32. The van der Waals surface area contributed by atoms with Crippen molar-refractivity contribution in [3.63, 3.8) is 0 Å². The Balaban J connectivity index is 1.73. The highest BCUT2D eigenvalue weighted by Gasteiger charge is 2.39. The van der Waals surface area contributed by atoms with Crippen LogP contribution in [0.3, 0.4) is 0 Å². The van der Waals surface area contributed by atoms with Crippen molar-refractivity contribution in [3.8, 4) is 5.75 Å². The SMILES string of the molecule is COc1ccc(C2=C(Nc3cccc(F)c3)C(=O)N(Cc3ccc(Cl)cc3)C2=O)cc1. The van der Waals surface area contributed by atoms with E-state index >= 15 is 0 Å². The molecule has 0 spiro atoms. The average molecular weight is 437 g/mol. The Kier molecular flexibility index (Phi) is 5.73. The van der Waals surface area contributed by atoms with E-state index in [2.05, 4.69) is 5.32 Å². The van der Waals surface area contributed by atoms with Gasteiger partial charge in [-0.3, -0.25) is 14.5 Å². The van der Waals surface area contributed by atoms with E-state index in [-0.39, 0.29) is 17.8 Å². The van der Waals surface area contributed by atoms with E-state index in [1.165, 1.54) is 18.2 Å². The number of ether oxygens (including phenoxy) is 1. The summed E-state index contributed by atoms with van der Waals surface area (Å²) in [5, 5.41) is 3.50. The second-order valence-electron chi connectivity index (χ2n) is 6.94. The number of carbonyl (C=O) groups is 2. The second kappa shape index (κ2) is 8.62. The van der Waals surface area contributed by atoms with Crippen LogP contribution in [-0.2, 0) is 16.1 Å². The molecule has 156 valence electrons. The number of nitrogens with zero attached hydrogens (tertiary/aromatic N) is 1. The highest BCUT2D eigenvalue weighted by atomic mass is 35.5. The first-order valence-electron chi connectivity index (χ1n) is 9.48. The van der Waals surface area contributed by atoms with Crippen LogP contribution < -0.4 is 10.1 Å². The number of benzene rings is 3. The molecule has 0 fully saturated rings. The lowest BCUT2D eigenvalue weighted by Gasteiger charge is -2.15.